The number of nitrogens with zero attached hydrogens (tertiary/aromatic N) is 3. The average molecular weight is 330 g/mol. The van der Waals surface area contributed by atoms with Crippen LogP contribution in [-0.2, 0) is 14.8 Å². The molecule has 2 heterocycles. The number of hydrazone groups is 1. The van der Waals surface area contributed by atoms with E-state index in [1.54, 1.807) is 0 Å². The van der Waals surface area contributed by atoms with Crippen LogP contribution < -0.4 is 10.1 Å². The van der Waals surface area contributed by atoms with Gasteiger partial charge in [0.2, 0.25) is 15.9 Å². The molecule has 7 nitrogen and oxygen atoms in total. The second kappa shape index (κ2) is 5.90. The Bertz CT molecular complexity index is 861. The van der Waals surface area contributed by atoms with E-state index in [1.165, 1.54) is 17.1 Å². The van der Waals surface area contributed by atoms with Crippen molar-refractivity contribution in [3.8, 4) is 0 Å². The highest BCUT2D eigenvalue weighted by molar-refractivity contribution is 7.89. The number of benzene rings is 1. The second-order valence-corrected chi connectivity index (χ2v) is 6.58. The molecule has 1 aliphatic rings. The van der Waals surface area contributed by atoms with Crippen molar-refractivity contribution in [3.05, 3.63) is 54.2 Å². The minimum atomic E-state index is -3.82. The lowest BCUT2D eigenvalue weighted by Gasteiger charge is -2.22. The number of sulfonamides is 1. The summed E-state index contributed by atoms with van der Waals surface area (Å²) in [5, 5.41) is 10.6. The molecular weight excluding hydrogens is 316 g/mol. The SMILES string of the molecule is NS(=O)(=O)c1ccc(N2N=C(c3ccccc3)CCC2=O)nc1. The molecule has 0 fully saturated rings. The first-order valence-corrected chi connectivity index (χ1v) is 8.44. The quantitative estimate of drug-likeness (QED) is 0.914. The van der Waals surface area contributed by atoms with Crippen molar-refractivity contribution in [1.82, 2.24) is 4.98 Å². The molecule has 0 radical (unpaired) electrons. The molecule has 1 aromatic carbocycles. The molecule has 0 spiro atoms. The van der Waals surface area contributed by atoms with E-state index >= 15 is 0 Å². The van der Waals surface area contributed by atoms with Gasteiger partial charge in [0.25, 0.3) is 0 Å². The van der Waals surface area contributed by atoms with Gasteiger partial charge in [-0.1, -0.05) is 30.3 Å². The fourth-order valence-electron chi connectivity index (χ4n) is 2.24. The van der Waals surface area contributed by atoms with Crippen LogP contribution in [0.1, 0.15) is 18.4 Å². The minimum Gasteiger partial charge on any atom is -0.272 e. The van der Waals surface area contributed by atoms with E-state index in [1.807, 2.05) is 30.3 Å². The predicted molar refractivity (Wildman–Crippen MR) is 85.3 cm³/mol. The van der Waals surface area contributed by atoms with E-state index in [9.17, 15) is 13.2 Å². The highest BCUT2D eigenvalue weighted by atomic mass is 32.2. The van der Waals surface area contributed by atoms with Crippen LogP contribution in [0.2, 0.25) is 0 Å². The van der Waals surface area contributed by atoms with Gasteiger partial charge in [-0.05, 0) is 17.7 Å². The van der Waals surface area contributed by atoms with Crippen molar-refractivity contribution in [2.75, 3.05) is 5.01 Å². The molecule has 23 heavy (non-hydrogen) atoms. The molecule has 118 valence electrons. The van der Waals surface area contributed by atoms with Crippen LogP contribution in [0.15, 0.2) is 58.7 Å². The van der Waals surface area contributed by atoms with Crippen molar-refractivity contribution in [2.45, 2.75) is 17.7 Å². The van der Waals surface area contributed by atoms with E-state index < -0.39 is 10.0 Å². The molecule has 2 aromatic rings. The summed E-state index contributed by atoms with van der Waals surface area (Å²) in [7, 11) is -3.82. The third-order valence-electron chi connectivity index (χ3n) is 3.41. The predicted octanol–water partition coefficient (Wildman–Crippen LogP) is 1.26. The standard InChI is InChI=1S/C15H14N4O3S/c16-23(21,22)12-6-8-14(17-10-12)19-15(20)9-7-13(18-19)11-4-2-1-3-5-11/h1-6,8,10H,7,9H2,(H2,16,21,22). The Morgan fingerprint density at radius 1 is 1.04 bits per heavy atom. The summed E-state index contributed by atoms with van der Waals surface area (Å²) in [5.74, 6) is 0.0658. The fraction of sp³-hybridized carbons (Fsp3) is 0.133. The van der Waals surface area contributed by atoms with Gasteiger partial charge in [-0.25, -0.2) is 18.5 Å². The maximum atomic E-state index is 12.1. The number of carbonyl (C=O) groups excluding carboxylic acids is 1. The van der Waals surface area contributed by atoms with Crippen LogP contribution in [0.3, 0.4) is 0 Å². The Morgan fingerprint density at radius 3 is 2.39 bits per heavy atom. The summed E-state index contributed by atoms with van der Waals surface area (Å²) < 4.78 is 22.5. The average Bonchev–Trinajstić information content (AvgIpc) is 2.55. The zero-order valence-corrected chi connectivity index (χ0v) is 12.9. The number of rotatable bonds is 3. The summed E-state index contributed by atoms with van der Waals surface area (Å²) >= 11 is 0. The van der Waals surface area contributed by atoms with Crippen LogP contribution in [0.4, 0.5) is 5.82 Å². The first kappa shape index (κ1) is 15.3. The number of hydrogen-bond acceptors (Lipinski definition) is 5. The Hall–Kier alpha value is -2.58. The third kappa shape index (κ3) is 3.27. The summed E-state index contributed by atoms with van der Waals surface area (Å²) in [6.07, 6.45) is 1.98. The van der Waals surface area contributed by atoms with E-state index in [0.717, 1.165) is 17.5 Å². The highest BCUT2D eigenvalue weighted by Gasteiger charge is 2.24. The lowest BCUT2D eigenvalue weighted by Crippen LogP contribution is -2.32. The molecular formula is C15H14N4O3S. The molecule has 3 rings (SSSR count). The monoisotopic (exact) mass is 330 g/mol. The highest BCUT2D eigenvalue weighted by Crippen LogP contribution is 2.21. The van der Waals surface area contributed by atoms with Crippen LogP contribution >= 0.6 is 0 Å². The molecule has 2 N–H and O–H groups in total. The van der Waals surface area contributed by atoms with E-state index in [2.05, 4.69) is 10.1 Å². The van der Waals surface area contributed by atoms with Gasteiger partial charge in [-0.2, -0.15) is 10.1 Å². The molecule has 0 bridgehead atoms. The molecule has 1 aliphatic heterocycles. The van der Waals surface area contributed by atoms with Crippen LogP contribution in [0.5, 0.6) is 0 Å². The lowest BCUT2D eigenvalue weighted by atomic mass is 10.0. The zero-order chi connectivity index (χ0) is 16.4. The molecule has 0 saturated carbocycles. The number of aromatic nitrogens is 1. The first-order valence-electron chi connectivity index (χ1n) is 6.90. The van der Waals surface area contributed by atoms with Crippen molar-refractivity contribution < 1.29 is 13.2 Å². The molecule has 1 aromatic heterocycles. The second-order valence-electron chi connectivity index (χ2n) is 5.02. The lowest BCUT2D eigenvalue weighted by molar-refractivity contribution is -0.118. The van der Waals surface area contributed by atoms with Crippen molar-refractivity contribution in [2.24, 2.45) is 10.2 Å². The summed E-state index contributed by atoms with van der Waals surface area (Å²) in [5.41, 5.74) is 1.72. The Morgan fingerprint density at radius 2 is 1.78 bits per heavy atom. The zero-order valence-electron chi connectivity index (χ0n) is 12.1. The van der Waals surface area contributed by atoms with Gasteiger partial charge in [-0.3, -0.25) is 4.79 Å². The number of hydrogen-bond donors (Lipinski definition) is 1. The Labute approximate surface area is 133 Å². The summed E-state index contributed by atoms with van der Waals surface area (Å²) in [6, 6.07) is 12.3. The Balaban J connectivity index is 1.96. The molecule has 0 saturated heterocycles. The number of pyridine rings is 1. The van der Waals surface area contributed by atoms with E-state index in [-0.39, 0.29) is 16.6 Å². The van der Waals surface area contributed by atoms with E-state index in [0.29, 0.717) is 12.8 Å². The normalized spacial score (nSPS) is 15.4. The molecule has 0 unspecified atom stereocenters. The topological polar surface area (TPSA) is 106 Å². The molecule has 1 amide bonds. The van der Waals surface area contributed by atoms with Crippen LogP contribution in [0.25, 0.3) is 0 Å². The summed E-state index contributed by atoms with van der Waals surface area (Å²) in [4.78, 5) is 16.0. The van der Waals surface area contributed by atoms with Gasteiger partial charge in [-0.15, -0.1) is 0 Å². The van der Waals surface area contributed by atoms with Gasteiger partial charge in [0.05, 0.1) is 5.71 Å². The number of nitrogens with two attached hydrogens (primary N) is 1. The van der Waals surface area contributed by atoms with Crippen LogP contribution in [0, 0.1) is 0 Å². The Kier molecular flexibility index (Phi) is 3.93. The smallest absolute Gasteiger partial charge is 0.249 e. The summed E-state index contributed by atoms with van der Waals surface area (Å²) in [6.45, 7) is 0. The van der Waals surface area contributed by atoms with Crippen LogP contribution in [-0.4, -0.2) is 25.0 Å². The maximum absolute atomic E-state index is 12.1. The number of carbonyl (C=O) groups is 1. The minimum absolute atomic E-state index is 0.113. The van der Waals surface area contributed by atoms with Crippen molar-refractivity contribution >= 4 is 27.5 Å². The molecule has 0 aliphatic carbocycles. The molecule has 0 atom stereocenters. The third-order valence-corrected chi connectivity index (χ3v) is 4.30. The largest absolute Gasteiger partial charge is 0.272 e. The number of primary sulfonamides is 1. The van der Waals surface area contributed by atoms with Gasteiger partial charge in [0.15, 0.2) is 5.82 Å². The van der Waals surface area contributed by atoms with Gasteiger partial charge in [0.1, 0.15) is 4.90 Å². The molecule has 8 heteroatoms. The van der Waals surface area contributed by atoms with E-state index in [4.69, 9.17) is 5.14 Å². The van der Waals surface area contributed by atoms with Crippen molar-refractivity contribution in [3.63, 3.8) is 0 Å². The van der Waals surface area contributed by atoms with Crippen molar-refractivity contribution in [1.29, 1.82) is 0 Å². The number of amides is 1. The number of anilines is 1. The first-order chi connectivity index (χ1) is 10.9. The van der Waals surface area contributed by atoms with Gasteiger partial charge >= 0.3 is 0 Å². The maximum Gasteiger partial charge on any atom is 0.249 e. The fourth-order valence-corrected chi connectivity index (χ4v) is 2.69. The van der Waals surface area contributed by atoms with Gasteiger partial charge in [0, 0.05) is 19.0 Å². The van der Waals surface area contributed by atoms with Gasteiger partial charge < -0.3 is 0 Å².